The molecule has 1 aromatic rings. The molecule has 3 nitrogen and oxygen atoms in total. The van der Waals surface area contributed by atoms with E-state index >= 15 is 0 Å². The van der Waals surface area contributed by atoms with E-state index in [1.54, 1.807) is 30.1 Å². The summed E-state index contributed by atoms with van der Waals surface area (Å²) in [6.45, 7) is 1.98. The molecule has 1 rings (SSSR count). The van der Waals surface area contributed by atoms with E-state index in [4.69, 9.17) is 0 Å². The normalized spacial score (nSPS) is 12.2. The Hall–Kier alpha value is -0.550. The second kappa shape index (κ2) is 6.12. The number of amides is 1. The smallest absolute Gasteiger partial charge is 0.271 e. The average Bonchev–Trinajstić information content (AvgIpc) is 2.18. The van der Waals surface area contributed by atoms with Crippen LogP contribution in [0.1, 0.15) is 17.4 Å². The summed E-state index contributed by atoms with van der Waals surface area (Å²) in [4.78, 5) is 15.8. The largest absolute Gasteiger partial charge is 0.347 e. The third-order valence-corrected chi connectivity index (χ3v) is 3.24. The first-order valence-electron chi connectivity index (χ1n) is 4.55. The highest BCUT2D eigenvalue weighted by Gasteiger charge is 2.13. The van der Waals surface area contributed by atoms with Gasteiger partial charge in [-0.25, -0.2) is 4.98 Å². The van der Waals surface area contributed by atoms with Gasteiger partial charge >= 0.3 is 0 Å². The van der Waals surface area contributed by atoms with Gasteiger partial charge in [-0.15, -0.1) is 0 Å². The number of nitrogens with one attached hydrogen (secondary N) is 1. The van der Waals surface area contributed by atoms with E-state index in [2.05, 4.69) is 26.2 Å². The van der Waals surface area contributed by atoms with Crippen LogP contribution in [-0.2, 0) is 0 Å². The number of carbonyl (C=O) groups is 1. The number of thioether (sulfide) groups is 1. The van der Waals surface area contributed by atoms with Crippen molar-refractivity contribution in [2.45, 2.75) is 13.0 Å². The molecule has 0 saturated carbocycles. The highest BCUT2D eigenvalue weighted by molar-refractivity contribution is 9.10. The van der Waals surface area contributed by atoms with Gasteiger partial charge in [0.05, 0.1) is 0 Å². The predicted octanol–water partition coefficient (Wildman–Crippen LogP) is 2.33. The maximum absolute atomic E-state index is 11.7. The summed E-state index contributed by atoms with van der Waals surface area (Å²) in [6.07, 6.45) is 3.62. The molecule has 0 radical (unpaired) electrons. The van der Waals surface area contributed by atoms with Gasteiger partial charge in [0, 0.05) is 22.5 Å². The Labute approximate surface area is 102 Å². The van der Waals surface area contributed by atoms with Crippen LogP contribution in [0, 0.1) is 0 Å². The fraction of sp³-hybridized carbons (Fsp3) is 0.400. The van der Waals surface area contributed by atoms with Crippen molar-refractivity contribution in [3.05, 3.63) is 28.5 Å². The molecule has 0 fully saturated rings. The number of hydrogen-bond acceptors (Lipinski definition) is 3. The third kappa shape index (κ3) is 3.83. The third-order valence-electron chi connectivity index (χ3n) is 1.77. The van der Waals surface area contributed by atoms with E-state index < -0.39 is 0 Å². The van der Waals surface area contributed by atoms with E-state index in [-0.39, 0.29) is 11.9 Å². The zero-order valence-electron chi connectivity index (χ0n) is 8.66. The van der Waals surface area contributed by atoms with Crippen molar-refractivity contribution < 1.29 is 4.79 Å². The Kier molecular flexibility index (Phi) is 5.11. The minimum absolute atomic E-state index is 0.135. The molecule has 82 valence electrons. The summed E-state index contributed by atoms with van der Waals surface area (Å²) in [5, 5.41) is 2.89. The molecule has 5 heteroatoms. The molecule has 1 heterocycles. The van der Waals surface area contributed by atoms with E-state index in [9.17, 15) is 4.79 Å². The van der Waals surface area contributed by atoms with E-state index in [0.717, 1.165) is 10.2 Å². The van der Waals surface area contributed by atoms with E-state index in [1.165, 1.54) is 0 Å². The van der Waals surface area contributed by atoms with Crippen LogP contribution in [0.3, 0.4) is 0 Å². The molecule has 0 aliphatic rings. The van der Waals surface area contributed by atoms with Crippen molar-refractivity contribution in [2.24, 2.45) is 0 Å². The number of rotatable bonds is 4. The SMILES string of the molecule is CSCC(C)NC(=O)c1ncccc1Br. The summed E-state index contributed by atoms with van der Waals surface area (Å²) in [5.74, 6) is 0.764. The van der Waals surface area contributed by atoms with Gasteiger partial charge in [0.25, 0.3) is 5.91 Å². The fourth-order valence-corrected chi connectivity index (χ4v) is 2.15. The van der Waals surface area contributed by atoms with Crippen molar-refractivity contribution >= 4 is 33.6 Å². The molecule has 15 heavy (non-hydrogen) atoms. The first kappa shape index (κ1) is 12.5. The van der Waals surface area contributed by atoms with Crippen molar-refractivity contribution in [2.75, 3.05) is 12.0 Å². The zero-order chi connectivity index (χ0) is 11.3. The molecule has 0 aliphatic carbocycles. The lowest BCUT2D eigenvalue weighted by Crippen LogP contribution is -2.34. The summed E-state index contributed by atoms with van der Waals surface area (Å²) < 4.78 is 0.721. The first-order valence-corrected chi connectivity index (χ1v) is 6.74. The average molecular weight is 289 g/mol. The summed E-state index contributed by atoms with van der Waals surface area (Å²) in [5.41, 5.74) is 0.436. The monoisotopic (exact) mass is 288 g/mol. The molecule has 1 atom stereocenters. The number of hydrogen-bond donors (Lipinski definition) is 1. The van der Waals surface area contributed by atoms with Crippen LogP contribution in [0.2, 0.25) is 0 Å². The lowest BCUT2D eigenvalue weighted by molar-refractivity contribution is 0.0938. The number of nitrogens with zero attached hydrogens (tertiary/aromatic N) is 1. The number of halogens is 1. The molecule has 0 aliphatic heterocycles. The minimum atomic E-state index is -0.135. The standard InChI is InChI=1S/C10H13BrN2OS/c1-7(6-15-2)13-10(14)9-8(11)4-3-5-12-9/h3-5,7H,6H2,1-2H3,(H,13,14). The Bertz CT molecular complexity index is 346. The van der Waals surface area contributed by atoms with Gasteiger partial charge in [-0.1, -0.05) is 0 Å². The molecule has 1 aromatic heterocycles. The van der Waals surface area contributed by atoms with E-state index in [1.807, 2.05) is 13.2 Å². The van der Waals surface area contributed by atoms with Crippen molar-refractivity contribution in [3.63, 3.8) is 0 Å². The van der Waals surface area contributed by atoms with Crippen molar-refractivity contribution in [1.29, 1.82) is 0 Å². The predicted molar refractivity (Wildman–Crippen MR) is 67.2 cm³/mol. The summed E-state index contributed by atoms with van der Waals surface area (Å²) >= 11 is 5.00. The van der Waals surface area contributed by atoms with Crippen LogP contribution in [0.15, 0.2) is 22.8 Å². The van der Waals surface area contributed by atoms with Gasteiger partial charge in [-0.05, 0) is 41.2 Å². The molecule has 1 N–H and O–H groups in total. The van der Waals surface area contributed by atoms with Crippen LogP contribution in [0.5, 0.6) is 0 Å². The fourth-order valence-electron chi connectivity index (χ4n) is 1.14. The summed E-state index contributed by atoms with van der Waals surface area (Å²) in [7, 11) is 0. The Balaban J connectivity index is 2.65. The molecule has 0 spiro atoms. The molecule has 0 aromatic carbocycles. The van der Waals surface area contributed by atoms with Gasteiger partial charge < -0.3 is 5.32 Å². The van der Waals surface area contributed by atoms with Gasteiger partial charge in [0.2, 0.25) is 0 Å². The molecule has 1 amide bonds. The Morgan fingerprint density at radius 1 is 1.73 bits per heavy atom. The number of aromatic nitrogens is 1. The minimum Gasteiger partial charge on any atom is -0.347 e. The lowest BCUT2D eigenvalue weighted by Gasteiger charge is -2.12. The van der Waals surface area contributed by atoms with Crippen LogP contribution < -0.4 is 5.32 Å². The second-order valence-corrected chi connectivity index (χ2v) is 4.93. The Morgan fingerprint density at radius 3 is 3.07 bits per heavy atom. The number of carbonyl (C=O) groups excluding carboxylic acids is 1. The van der Waals surface area contributed by atoms with Crippen LogP contribution in [0.4, 0.5) is 0 Å². The van der Waals surface area contributed by atoms with Crippen molar-refractivity contribution in [1.82, 2.24) is 10.3 Å². The topological polar surface area (TPSA) is 42.0 Å². The molecular weight excluding hydrogens is 276 g/mol. The maximum Gasteiger partial charge on any atom is 0.271 e. The number of pyridine rings is 1. The molecule has 0 saturated heterocycles. The Morgan fingerprint density at radius 2 is 2.47 bits per heavy atom. The van der Waals surface area contributed by atoms with Gasteiger partial charge in [-0.2, -0.15) is 11.8 Å². The van der Waals surface area contributed by atoms with Gasteiger partial charge in [0.1, 0.15) is 5.69 Å². The van der Waals surface area contributed by atoms with Gasteiger partial charge in [-0.3, -0.25) is 4.79 Å². The second-order valence-electron chi connectivity index (χ2n) is 3.16. The van der Waals surface area contributed by atoms with Crippen LogP contribution >= 0.6 is 27.7 Å². The van der Waals surface area contributed by atoms with Crippen LogP contribution in [-0.4, -0.2) is 28.9 Å². The maximum atomic E-state index is 11.7. The highest BCUT2D eigenvalue weighted by atomic mass is 79.9. The quantitative estimate of drug-likeness (QED) is 0.925. The lowest BCUT2D eigenvalue weighted by atomic mass is 10.3. The zero-order valence-corrected chi connectivity index (χ0v) is 11.1. The van der Waals surface area contributed by atoms with Crippen LogP contribution in [0.25, 0.3) is 0 Å². The first-order chi connectivity index (χ1) is 7.15. The van der Waals surface area contributed by atoms with Gasteiger partial charge in [0.15, 0.2) is 0 Å². The molecular formula is C10H13BrN2OS. The van der Waals surface area contributed by atoms with Crippen molar-refractivity contribution in [3.8, 4) is 0 Å². The molecule has 0 bridgehead atoms. The summed E-state index contributed by atoms with van der Waals surface area (Å²) in [6, 6.07) is 3.74. The molecule has 1 unspecified atom stereocenters. The van der Waals surface area contributed by atoms with E-state index in [0.29, 0.717) is 5.69 Å². The highest BCUT2D eigenvalue weighted by Crippen LogP contribution is 2.13.